The summed E-state index contributed by atoms with van der Waals surface area (Å²) in [6, 6.07) is 13.6. The Morgan fingerprint density at radius 1 is 1.10 bits per heavy atom. The van der Waals surface area contributed by atoms with E-state index in [1.54, 1.807) is 18.2 Å². The summed E-state index contributed by atoms with van der Waals surface area (Å²) in [5.74, 6) is 0.434. The van der Waals surface area contributed by atoms with Gasteiger partial charge < -0.3 is 10.2 Å². The van der Waals surface area contributed by atoms with Gasteiger partial charge in [-0.05, 0) is 61.6 Å². The number of anilines is 1. The largest absolute Gasteiger partial charge is 0.362 e. The standard InChI is InChI=1S/C23H26ClN3O3S/c1-27-14-4-2-3-11-21(27)26-31(29,30)20-10-6-9-19(16-20)25-22(28)23(12-13-23)17-7-5-8-18(24)15-17/h5-10,15-16H,2-4,11-14H2,1H3,(H,25,28). The smallest absolute Gasteiger partial charge is 0.284 e. The number of benzene rings is 2. The van der Waals surface area contributed by atoms with Crippen molar-refractivity contribution in [3.8, 4) is 0 Å². The van der Waals surface area contributed by atoms with Crippen LogP contribution in [-0.4, -0.2) is 38.7 Å². The highest BCUT2D eigenvalue weighted by Gasteiger charge is 2.51. The van der Waals surface area contributed by atoms with Crippen molar-refractivity contribution >= 4 is 39.1 Å². The molecule has 2 aliphatic rings. The molecule has 1 heterocycles. The number of carbonyl (C=O) groups is 1. The third-order valence-electron chi connectivity index (χ3n) is 6.01. The number of amidine groups is 1. The number of sulfonamides is 1. The molecule has 1 saturated heterocycles. The van der Waals surface area contributed by atoms with Crippen molar-refractivity contribution < 1.29 is 13.2 Å². The zero-order chi connectivity index (χ0) is 22.1. The summed E-state index contributed by atoms with van der Waals surface area (Å²) in [7, 11) is -1.99. The van der Waals surface area contributed by atoms with Crippen molar-refractivity contribution in [3.63, 3.8) is 0 Å². The number of hydrogen-bond donors (Lipinski definition) is 1. The van der Waals surface area contributed by atoms with Gasteiger partial charge in [-0.15, -0.1) is 4.40 Å². The molecule has 2 fully saturated rings. The van der Waals surface area contributed by atoms with Gasteiger partial charge in [0.05, 0.1) is 10.3 Å². The molecule has 1 saturated carbocycles. The van der Waals surface area contributed by atoms with Gasteiger partial charge in [0, 0.05) is 30.7 Å². The predicted molar refractivity (Wildman–Crippen MR) is 123 cm³/mol. The van der Waals surface area contributed by atoms with Crippen LogP contribution in [0.4, 0.5) is 5.69 Å². The van der Waals surface area contributed by atoms with E-state index in [0.29, 0.717) is 23.0 Å². The van der Waals surface area contributed by atoms with Crippen LogP contribution < -0.4 is 5.32 Å². The van der Waals surface area contributed by atoms with Crippen molar-refractivity contribution in [2.45, 2.75) is 48.8 Å². The lowest BCUT2D eigenvalue weighted by molar-refractivity contribution is -0.118. The van der Waals surface area contributed by atoms with Crippen molar-refractivity contribution in [2.24, 2.45) is 4.40 Å². The Morgan fingerprint density at radius 2 is 1.87 bits per heavy atom. The number of nitrogens with zero attached hydrogens (tertiary/aromatic N) is 2. The molecule has 4 rings (SSSR count). The number of rotatable bonds is 5. The summed E-state index contributed by atoms with van der Waals surface area (Å²) in [6.45, 7) is 0.802. The normalized spacial score (nSPS) is 19.7. The van der Waals surface area contributed by atoms with E-state index in [1.165, 1.54) is 12.1 Å². The van der Waals surface area contributed by atoms with Crippen molar-refractivity contribution in [2.75, 3.05) is 18.9 Å². The van der Waals surface area contributed by atoms with Crippen LogP contribution >= 0.6 is 11.6 Å². The van der Waals surface area contributed by atoms with Gasteiger partial charge in [0.25, 0.3) is 10.0 Å². The number of nitrogens with one attached hydrogen (secondary N) is 1. The fraction of sp³-hybridized carbons (Fsp3) is 0.391. The minimum atomic E-state index is -3.87. The number of hydrogen-bond acceptors (Lipinski definition) is 3. The fourth-order valence-corrected chi connectivity index (χ4v) is 5.31. The Bertz CT molecular complexity index is 1130. The molecule has 2 aromatic carbocycles. The molecule has 0 radical (unpaired) electrons. The van der Waals surface area contributed by atoms with Gasteiger partial charge in [-0.2, -0.15) is 8.42 Å². The van der Waals surface area contributed by atoms with Crippen LogP contribution in [0.15, 0.2) is 57.8 Å². The zero-order valence-electron chi connectivity index (χ0n) is 17.5. The van der Waals surface area contributed by atoms with Crippen LogP contribution in [0, 0.1) is 0 Å². The lowest BCUT2D eigenvalue weighted by Gasteiger charge is -2.18. The van der Waals surface area contributed by atoms with Crippen LogP contribution in [0.3, 0.4) is 0 Å². The highest BCUT2D eigenvalue weighted by Crippen LogP contribution is 2.49. The molecule has 1 N–H and O–H groups in total. The maximum Gasteiger partial charge on any atom is 0.284 e. The molecule has 0 bridgehead atoms. The second-order valence-electron chi connectivity index (χ2n) is 8.29. The Hall–Kier alpha value is -2.38. The number of halogens is 1. The molecular weight excluding hydrogens is 434 g/mol. The molecule has 2 aromatic rings. The Morgan fingerprint density at radius 3 is 2.61 bits per heavy atom. The second-order valence-corrected chi connectivity index (χ2v) is 10.3. The van der Waals surface area contributed by atoms with E-state index in [2.05, 4.69) is 9.71 Å². The summed E-state index contributed by atoms with van der Waals surface area (Å²) in [5.41, 5.74) is 0.709. The van der Waals surface area contributed by atoms with Gasteiger partial charge in [-0.3, -0.25) is 4.79 Å². The molecule has 0 atom stereocenters. The van der Waals surface area contributed by atoms with Crippen molar-refractivity contribution in [3.05, 3.63) is 59.1 Å². The quantitative estimate of drug-likeness (QED) is 0.708. The minimum absolute atomic E-state index is 0.0723. The number of likely N-dealkylation sites (tertiary alicyclic amines) is 1. The van der Waals surface area contributed by atoms with E-state index < -0.39 is 15.4 Å². The van der Waals surface area contributed by atoms with Gasteiger partial charge in [0.2, 0.25) is 5.91 Å². The van der Waals surface area contributed by atoms with Gasteiger partial charge in [-0.25, -0.2) is 0 Å². The molecule has 1 aliphatic heterocycles. The van der Waals surface area contributed by atoms with Crippen LogP contribution in [0.2, 0.25) is 5.02 Å². The number of carbonyl (C=O) groups excluding carboxylic acids is 1. The maximum atomic E-state index is 13.0. The predicted octanol–water partition coefficient (Wildman–Crippen LogP) is 4.60. The van der Waals surface area contributed by atoms with E-state index in [9.17, 15) is 13.2 Å². The summed E-state index contributed by atoms with van der Waals surface area (Å²) in [6.07, 6.45) is 5.15. The van der Waals surface area contributed by atoms with Crippen molar-refractivity contribution in [1.82, 2.24) is 4.90 Å². The molecule has 6 nitrogen and oxygen atoms in total. The third-order valence-corrected chi connectivity index (χ3v) is 7.55. The molecule has 164 valence electrons. The highest BCUT2D eigenvalue weighted by atomic mass is 35.5. The molecular formula is C23H26ClN3O3S. The van der Waals surface area contributed by atoms with Crippen LogP contribution in [0.1, 0.15) is 44.1 Å². The Labute approximate surface area is 188 Å². The van der Waals surface area contributed by atoms with Crippen LogP contribution in [0.5, 0.6) is 0 Å². The van der Waals surface area contributed by atoms with Crippen LogP contribution in [0.25, 0.3) is 0 Å². The van der Waals surface area contributed by atoms with Crippen LogP contribution in [-0.2, 0) is 20.2 Å². The summed E-state index contributed by atoms with van der Waals surface area (Å²) < 4.78 is 30.0. The van der Waals surface area contributed by atoms with E-state index in [4.69, 9.17) is 11.6 Å². The first kappa shape index (κ1) is 21.8. The van der Waals surface area contributed by atoms with Gasteiger partial charge in [-0.1, -0.05) is 36.2 Å². The molecule has 0 spiro atoms. The maximum absolute atomic E-state index is 13.0. The lowest BCUT2D eigenvalue weighted by Crippen LogP contribution is -2.28. The Kier molecular flexibility index (Phi) is 6.08. The third kappa shape index (κ3) is 4.77. The number of amides is 1. The first-order valence-corrected chi connectivity index (χ1v) is 12.3. The highest BCUT2D eigenvalue weighted by molar-refractivity contribution is 7.90. The molecule has 1 amide bonds. The topological polar surface area (TPSA) is 78.8 Å². The molecule has 0 aromatic heterocycles. The molecule has 1 aliphatic carbocycles. The molecule has 31 heavy (non-hydrogen) atoms. The van der Waals surface area contributed by atoms with Crippen molar-refractivity contribution in [1.29, 1.82) is 0 Å². The average molecular weight is 460 g/mol. The van der Waals surface area contributed by atoms with E-state index in [0.717, 1.165) is 44.2 Å². The monoisotopic (exact) mass is 459 g/mol. The van der Waals surface area contributed by atoms with Gasteiger partial charge in [0.15, 0.2) is 0 Å². The average Bonchev–Trinajstić information content (AvgIpc) is 3.56. The van der Waals surface area contributed by atoms with Gasteiger partial charge >= 0.3 is 0 Å². The first-order chi connectivity index (χ1) is 14.8. The van der Waals surface area contributed by atoms with Gasteiger partial charge in [0.1, 0.15) is 5.84 Å². The van der Waals surface area contributed by atoms with E-state index >= 15 is 0 Å². The SMILES string of the molecule is CN1CCCCCC1=NS(=O)(=O)c1cccc(NC(=O)C2(c3cccc(Cl)c3)CC2)c1. The van der Waals surface area contributed by atoms with E-state index in [-0.39, 0.29) is 10.8 Å². The lowest BCUT2D eigenvalue weighted by atomic mass is 9.95. The Balaban J connectivity index is 1.55. The first-order valence-electron chi connectivity index (χ1n) is 10.5. The fourth-order valence-electron chi connectivity index (χ4n) is 3.98. The molecule has 0 unspecified atom stereocenters. The molecule has 8 heteroatoms. The summed E-state index contributed by atoms with van der Waals surface area (Å²) in [4.78, 5) is 15.0. The summed E-state index contributed by atoms with van der Waals surface area (Å²) >= 11 is 6.10. The summed E-state index contributed by atoms with van der Waals surface area (Å²) in [5, 5.41) is 3.48. The minimum Gasteiger partial charge on any atom is -0.362 e. The van der Waals surface area contributed by atoms with E-state index in [1.807, 2.05) is 30.1 Å². The zero-order valence-corrected chi connectivity index (χ0v) is 19.0. The second kappa shape index (κ2) is 8.63.